The van der Waals surface area contributed by atoms with Gasteiger partial charge in [0, 0.05) is 29.4 Å². The van der Waals surface area contributed by atoms with Gasteiger partial charge in [-0.1, -0.05) is 43.1 Å². The van der Waals surface area contributed by atoms with Gasteiger partial charge in [0.1, 0.15) is 12.4 Å². The van der Waals surface area contributed by atoms with E-state index < -0.39 is 0 Å². The zero-order valence-electron chi connectivity index (χ0n) is 19.8. The van der Waals surface area contributed by atoms with E-state index in [1.807, 2.05) is 30.3 Å². The van der Waals surface area contributed by atoms with Crippen molar-refractivity contribution >= 4 is 39.8 Å². The molecule has 0 unspecified atom stereocenters. The summed E-state index contributed by atoms with van der Waals surface area (Å²) in [4.78, 5) is 22.6. The van der Waals surface area contributed by atoms with E-state index in [0.29, 0.717) is 39.8 Å². The lowest BCUT2D eigenvalue weighted by atomic mass is 10.1. The Morgan fingerprint density at radius 1 is 1.03 bits per heavy atom. The predicted octanol–water partition coefficient (Wildman–Crippen LogP) is 6.23. The molecule has 2 heterocycles. The van der Waals surface area contributed by atoms with Crippen LogP contribution in [-0.4, -0.2) is 41.1 Å². The summed E-state index contributed by atoms with van der Waals surface area (Å²) >= 11 is 12.6. The van der Waals surface area contributed by atoms with Gasteiger partial charge < -0.3 is 19.9 Å². The molecule has 2 aromatic carbocycles. The molecule has 0 fully saturated rings. The van der Waals surface area contributed by atoms with Crippen LogP contribution in [0.5, 0.6) is 5.75 Å². The number of aromatic amines is 1. The largest absolute Gasteiger partial charge is 0.492 e. The molecule has 8 heteroatoms. The van der Waals surface area contributed by atoms with E-state index in [1.165, 1.54) is 0 Å². The standard InChI is InChI=1S/C27H28Cl2N4O2/c1-3-33(4-2)12-13-35-21-10-8-19(9-11-21)31-17-20-15-25-18(16-30-20)14-22(27(34)32-25)26-23(28)6-5-7-24(26)29/h5-11,14-16,31H,3-4,12-13,17H2,1-2H3,(H,32,34). The zero-order chi connectivity index (χ0) is 24.8. The Morgan fingerprint density at radius 3 is 2.43 bits per heavy atom. The Balaban J connectivity index is 1.42. The summed E-state index contributed by atoms with van der Waals surface area (Å²) in [6.07, 6.45) is 1.74. The maximum Gasteiger partial charge on any atom is 0.256 e. The highest BCUT2D eigenvalue weighted by atomic mass is 35.5. The molecule has 0 radical (unpaired) electrons. The quantitative estimate of drug-likeness (QED) is 0.264. The highest BCUT2D eigenvalue weighted by Gasteiger charge is 2.13. The molecule has 0 spiro atoms. The molecular weight excluding hydrogens is 483 g/mol. The van der Waals surface area contributed by atoms with Crippen LogP contribution in [0.3, 0.4) is 0 Å². The molecule has 0 atom stereocenters. The fourth-order valence-corrected chi connectivity index (χ4v) is 4.48. The van der Waals surface area contributed by atoms with Gasteiger partial charge in [0.25, 0.3) is 5.56 Å². The van der Waals surface area contributed by atoms with Gasteiger partial charge in [0.15, 0.2) is 0 Å². The first-order valence-electron chi connectivity index (χ1n) is 11.6. The SMILES string of the molecule is CCN(CC)CCOc1ccc(NCc2cc3[nH]c(=O)c(-c4c(Cl)cccc4Cl)cc3cn2)cc1. The van der Waals surface area contributed by atoms with Crippen LogP contribution in [0.4, 0.5) is 5.69 Å². The average molecular weight is 511 g/mol. The maximum atomic E-state index is 12.8. The fraction of sp³-hybridized carbons (Fsp3) is 0.259. The van der Waals surface area contributed by atoms with E-state index in [9.17, 15) is 4.79 Å². The second kappa shape index (κ2) is 11.6. The van der Waals surface area contributed by atoms with Gasteiger partial charge in [-0.15, -0.1) is 0 Å². The van der Waals surface area contributed by atoms with Crippen molar-refractivity contribution in [3.8, 4) is 16.9 Å². The van der Waals surface area contributed by atoms with E-state index >= 15 is 0 Å². The molecule has 35 heavy (non-hydrogen) atoms. The second-order valence-corrected chi connectivity index (χ2v) is 8.94. The number of nitrogens with one attached hydrogen (secondary N) is 2. The number of H-pyrrole nitrogens is 1. The van der Waals surface area contributed by atoms with Crippen molar-refractivity contribution in [2.24, 2.45) is 0 Å². The molecule has 0 aliphatic carbocycles. The number of hydrogen-bond donors (Lipinski definition) is 2. The van der Waals surface area contributed by atoms with Crippen LogP contribution in [0.2, 0.25) is 10.0 Å². The number of rotatable bonds is 10. The van der Waals surface area contributed by atoms with Crippen molar-refractivity contribution in [3.05, 3.63) is 86.9 Å². The molecule has 0 amide bonds. The topological polar surface area (TPSA) is 70.2 Å². The number of likely N-dealkylation sites (N-methyl/N-ethyl adjacent to an activating group) is 1. The van der Waals surface area contributed by atoms with Crippen molar-refractivity contribution in [1.29, 1.82) is 0 Å². The number of aromatic nitrogens is 2. The van der Waals surface area contributed by atoms with Crippen LogP contribution in [0, 0.1) is 0 Å². The second-order valence-electron chi connectivity index (χ2n) is 8.12. The van der Waals surface area contributed by atoms with Crippen molar-refractivity contribution < 1.29 is 4.74 Å². The van der Waals surface area contributed by atoms with Crippen molar-refractivity contribution in [3.63, 3.8) is 0 Å². The molecule has 0 aliphatic heterocycles. The van der Waals surface area contributed by atoms with Gasteiger partial charge in [-0.25, -0.2) is 0 Å². The highest BCUT2D eigenvalue weighted by Crippen LogP contribution is 2.33. The Morgan fingerprint density at radius 2 is 1.74 bits per heavy atom. The summed E-state index contributed by atoms with van der Waals surface area (Å²) in [5.74, 6) is 0.846. The monoisotopic (exact) mass is 510 g/mol. The lowest BCUT2D eigenvalue weighted by Gasteiger charge is -2.18. The minimum Gasteiger partial charge on any atom is -0.492 e. The Kier molecular flexibility index (Phi) is 8.29. The van der Waals surface area contributed by atoms with Crippen LogP contribution in [0.25, 0.3) is 22.0 Å². The smallest absolute Gasteiger partial charge is 0.256 e. The van der Waals surface area contributed by atoms with Gasteiger partial charge in [0.2, 0.25) is 0 Å². The lowest BCUT2D eigenvalue weighted by molar-refractivity contribution is 0.223. The number of fused-ring (bicyclic) bond motifs is 1. The van der Waals surface area contributed by atoms with Gasteiger partial charge >= 0.3 is 0 Å². The summed E-state index contributed by atoms with van der Waals surface area (Å²) in [6, 6.07) is 16.7. The molecule has 0 aliphatic rings. The van der Waals surface area contributed by atoms with E-state index in [0.717, 1.165) is 42.2 Å². The Labute approximate surface area is 214 Å². The summed E-state index contributed by atoms with van der Waals surface area (Å²) in [7, 11) is 0. The molecule has 0 bridgehead atoms. The van der Waals surface area contributed by atoms with Crippen LogP contribution >= 0.6 is 23.2 Å². The fourth-order valence-electron chi connectivity index (χ4n) is 3.87. The number of ether oxygens (including phenoxy) is 1. The summed E-state index contributed by atoms with van der Waals surface area (Å²) < 4.78 is 5.84. The molecule has 6 nitrogen and oxygen atoms in total. The van der Waals surface area contributed by atoms with Gasteiger partial charge in [-0.2, -0.15) is 0 Å². The van der Waals surface area contributed by atoms with Crippen molar-refractivity contribution in [1.82, 2.24) is 14.9 Å². The number of nitrogens with zero attached hydrogens (tertiary/aromatic N) is 2. The van der Waals surface area contributed by atoms with Gasteiger partial charge in [-0.3, -0.25) is 9.78 Å². The third kappa shape index (κ3) is 6.14. The summed E-state index contributed by atoms with van der Waals surface area (Å²) in [6.45, 7) is 8.44. The molecule has 0 saturated heterocycles. The normalized spacial score (nSPS) is 11.2. The minimum absolute atomic E-state index is 0.255. The van der Waals surface area contributed by atoms with Crippen LogP contribution < -0.4 is 15.6 Å². The van der Waals surface area contributed by atoms with Crippen molar-refractivity contribution in [2.45, 2.75) is 20.4 Å². The van der Waals surface area contributed by atoms with Gasteiger partial charge in [0.05, 0.1) is 33.4 Å². The minimum atomic E-state index is -0.255. The number of hydrogen-bond acceptors (Lipinski definition) is 5. The molecule has 0 saturated carbocycles. The Hall–Kier alpha value is -3.06. The third-order valence-corrected chi connectivity index (χ3v) is 6.54. The lowest BCUT2D eigenvalue weighted by Crippen LogP contribution is -2.27. The zero-order valence-corrected chi connectivity index (χ0v) is 21.3. The first-order chi connectivity index (χ1) is 17.0. The summed E-state index contributed by atoms with van der Waals surface area (Å²) in [5.41, 5.74) is 3.14. The molecule has 4 rings (SSSR count). The Bertz CT molecular complexity index is 1330. The van der Waals surface area contributed by atoms with E-state index in [2.05, 4.69) is 34.0 Å². The third-order valence-electron chi connectivity index (χ3n) is 5.91. The first kappa shape index (κ1) is 25.0. The number of halogens is 2. The van der Waals surface area contributed by atoms with Crippen LogP contribution in [-0.2, 0) is 6.54 Å². The molecule has 2 N–H and O–H groups in total. The van der Waals surface area contributed by atoms with Gasteiger partial charge in [-0.05, 0) is 61.6 Å². The highest BCUT2D eigenvalue weighted by molar-refractivity contribution is 6.39. The first-order valence-corrected chi connectivity index (χ1v) is 12.4. The maximum absolute atomic E-state index is 12.8. The average Bonchev–Trinajstić information content (AvgIpc) is 2.86. The molecule has 4 aromatic rings. The summed E-state index contributed by atoms with van der Waals surface area (Å²) in [5, 5.41) is 5.01. The van der Waals surface area contributed by atoms with E-state index in [-0.39, 0.29) is 5.56 Å². The van der Waals surface area contributed by atoms with Crippen molar-refractivity contribution in [2.75, 3.05) is 31.6 Å². The number of pyridine rings is 2. The number of benzene rings is 2. The van der Waals surface area contributed by atoms with Crippen LogP contribution in [0.15, 0.2) is 65.6 Å². The molecular formula is C27H28Cl2N4O2. The number of anilines is 1. The van der Waals surface area contributed by atoms with Crippen LogP contribution in [0.1, 0.15) is 19.5 Å². The van der Waals surface area contributed by atoms with E-state index in [1.54, 1.807) is 30.5 Å². The molecule has 182 valence electrons. The molecule has 2 aromatic heterocycles. The van der Waals surface area contributed by atoms with E-state index in [4.69, 9.17) is 27.9 Å². The predicted molar refractivity (Wildman–Crippen MR) is 145 cm³/mol.